The van der Waals surface area contributed by atoms with Gasteiger partial charge in [0.2, 0.25) is 0 Å². The number of rotatable bonds is 2. The monoisotopic (exact) mass is 329 g/mol. The zero-order chi connectivity index (χ0) is 14.9. The van der Waals surface area contributed by atoms with Crippen LogP contribution in [0.4, 0.5) is 5.69 Å². The number of aryl methyl sites for hydroxylation is 1. The molecule has 20 heavy (non-hydrogen) atoms. The summed E-state index contributed by atoms with van der Waals surface area (Å²) in [6.07, 6.45) is 0. The molecule has 0 bridgehead atoms. The minimum Gasteiger partial charge on any atom is -0.506 e. The fraction of sp³-hybridized carbons (Fsp3) is 0.0714. The van der Waals surface area contributed by atoms with Crippen molar-refractivity contribution in [2.75, 3.05) is 5.32 Å². The van der Waals surface area contributed by atoms with Gasteiger partial charge in [-0.3, -0.25) is 4.79 Å². The number of halogens is 3. The third-order valence-electron chi connectivity index (χ3n) is 2.72. The fourth-order valence-corrected chi connectivity index (χ4v) is 2.32. The van der Waals surface area contributed by atoms with E-state index in [0.29, 0.717) is 10.7 Å². The molecule has 0 saturated carbocycles. The van der Waals surface area contributed by atoms with Gasteiger partial charge >= 0.3 is 0 Å². The van der Waals surface area contributed by atoms with Crippen molar-refractivity contribution in [3.63, 3.8) is 0 Å². The first-order valence-corrected chi connectivity index (χ1v) is 6.77. The van der Waals surface area contributed by atoms with Crippen molar-refractivity contribution in [1.29, 1.82) is 0 Å². The highest BCUT2D eigenvalue weighted by Gasteiger charge is 2.16. The van der Waals surface area contributed by atoms with Crippen LogP contribution in [0.25, 0.3) is 0 Å². The molecule has 2 N–H and O–H groups in total. The molecule has 1 amide bonds. The smallest absolute Gasteiger partial charge is 0.259 e. The van der Waals surface area contributed by atoms with E-state index in [0.717, 1.165) is 5.56 Å². The zero-order valence-electron chi connectivity index (χ0n) is 10.4. The summed E-state index contributed by atoms with van der Waals surface area (Å²) in [5, 5.41) is 13.3. The first kappa shape index (κ1) is 15.0. The lowest BCUT2D eigenvalue weighted by Gasteiger charge is -2.11. The van der Waals surface area contributed by atoms with Gasteiger partial charge < -0.3 is 10.4 Å². The van der Waals surface area contributed by atoms with Gasteiger partial charge in [0.1, 0.15) is 5.75 Å². The molecule has 0 aliphatic carbocycles. The average Bonchev–Trinajstić information content (AvgIpc) is 2.38. The van der Waals surface area contributed by atoms with Gasteiger partial charge in [0.25, 0.3) is 5.91 Å². The third-order valence-corrected chi connectivity index (χ3v) is 3.46. The molecule has 2 aromatic carbocycles. The Balaban J connectivity index is 2.35. The quantitative estimate of drug-likeness (QED) is 0.821. The molecule has 0 aliphatic heterocycles. The van der Waals surface area contributed by atoms with Crippen LogP contribution in [0.1, 0.15) is 15.9 Å². The van der Waals surface area contributed by atoms with Crippen molar-refractivity contribution in [2.45, 2.75) is 6.92 Å². The van der Waals surface area contributed by atoms with E-state index in [2.05, 4.69) is 5.32 Å². The van der Waals surface area contributed by atoms with Crippen LogP contribution in [0.2, 0.25) is 15.1 Å². The predicted molar refractivity (Wildman–Crippen MR) is 82.3 cm³/mol. The van der Waals surface area contributed by atoms with Crippen LogP contribution < -0.4 is 5.32 Å². The number of benzene rings is 2. The molecule has 0 aliphatic rings. The second-order valence-corrected chi connectivity index (χ2v) is 5.48. The van der Waals surface area contributed by atoms with Gasteiger partial charge in [-0.1, -0.05) is 40.9 Å². The number of hydrogen-bond acceptors (Lipinski definition) is 2. The Morgan fingerprint density at radius 1 is 1.10 bits per heavy atom. The number of aromatic hydroxyl groups is 1. The number of hydrogen-bond donors (Lipinski definition) is 2. The maximum absolute atomic E-state index is 12.2. The van der Waals surface area contributed by atoms with E-state index in [-0.39, 0.29) is 21.4 Å². The molecule has 0 fully saturated rings. The molecule has 0 unspecified atom stereocenters. The highest BCUT2D eigenvalue weighted by Crippen LogP contribution is 2.32. The summed E-state index contributed by atoms with van der Waals surface area (Å²) in [5.41, 5.74) is 1.40. The SMILES string of the molecule is Cc1ccc(Cl)cc1NC(=O)c1cc(Cl)cc(Cl)c1O. The molecule has 0 heterocycles. The molecule has 0 atom stereocenters. The van der Waals surface area contributed by atoms with Gasteiger partial charge in [-0.15, -0.1) is 0 Å². The summed E-state index contributed by atoms with van der Waals surface area (Å²) >= 11 is 17.5. The van der Waals surface area contributed by atoms with Gasteiger partial charge in [0, 0.05) is 15.7 Å². The van der Waals surface area contributed by atoms with Crippen molar-refractivity contribution in [2.24, 2.45) is 0 Å². The molecular formula is C14H10Cl3NO2. The van der Waals surface area contributed by atoms with E-state index in [1.54, 1.807) is 18.2 Å². The Kier molecular flexibility index (Phi) is 4.43. The molecule has 0 aromatic heterocycles. The van der Waals surface area contributed by atoms with E-state index in [9.17, 15) is 9.90 Å². The molecule has 0 saturated heterocycles. The van der Waals surface area contributed by atoms with E-state index in [1.165, 1.54) is 12.1 Å². The van der Waals surface area contributed by atoms with Gasteiger partial charge in [-0.2, -0.15) is 0 Å². The lowest BCUT2D eigenvalue weighted by Crippen LogP contribution is -2.13. The summed E-state index contributed by atoms with van der Waals surface area (Å²) in [4.78, 5) is 12.2. The Hall–Kier alpha value is -1.42. The van der Waals surface area contributed by atoms with E-state index >= 15 is 0 Å². The van der Waals surface area contributed by atoms with E-state index < -0.39 is 5.91 Å². The summed E-state index contributed by atoms with van der Waals surface area (Å²) in [6, 6.07) is 7.83. The van der Waals surface area contributed by atoms with Crippen molar-refractivity contribution >= 4 is 46.4 Å². The lowest BCUT2D eigenvalue weighted by atomic mass is 10.1. The van der Waals surface area contributed by atoms with Crippen LogP contribution in [0.3, 0.4) is 0 Å². The first-order valence-electron chi connectivity index (χ1n) is 5.64. The van der Waals surface area contributed by atoms with Gasteiger partial charge in [0.05, 0.1) is 10.6 Å². The standard InChI is InChI=1S/C14H10Cl3NO2/c1-7-2-3-8(15)6-12(7)18-14(20)10-4-9(16)5-11(17)13(10)19/h2-6,19H,1H3,(H,18,20). The van der Waals surface area contributed by atoms with Crippen molar-refractivity contribution < 1.29 is 9.90 Å². The second-order valence-electron chi connectivity index (χ2n) is 4.20. The number of nitrogens with one attached hydrogen (secondary N) is 1. The highest BCUT2D eigenvalue weighted by molar-refractivity contribution is 6.36. The molecular weight excluding hydrogens is 321 g/mol. The number of anilines is 1. The summed E-state index contributed by atoms with van der Waals surface area (Å²) in [5.74, 6) is -0.828. The largest absolute Gasteiger partial charge is 0.506 e. The van der Waals surface area contributed by atoms with Crippen LogP contribution >= 0.6 is 34.8 Å². The van der Waals surface area contributed by atoms with Crippen LogP contribution in [-0.2, 0) is 0 Å². The zero-order valence-corrected chi connectivity index (χ0v) is 12.6. The maximum Gasteiger partial charge on any atom is 0.259 e. The molecule has 2 aromatic rings. The number of carbonyl (C=O) groups excluding carboxylic acids is 1. The molecule has 6 heteroatoms. The predicted octanol–water partition coefficient (Wildman–Crippen LogP) is 4.91. The maximum atomic E-state index is 12.2. The molecule has 3 nitrogen and oxygen atoms in total. The average molecular weight is 331 g/mol. The van der Waals surface area contributed by atoms with Crippen LogP contribution in [0.15, 0.2) is 30.3 Å². The Morgan fingerprint density at radius 3 is 2.50 bits per heavy atom. The summed E-state index contributed by atoms with van der Waals surface area (Å²) in [6.45, 7) is 1.83. The molecule has 2 rings (SSSR count). The minimum absolute atomic E-state index is 0.00174. The van der Waals surface area contributed by atoms with Gasteiger partial charge in [-0.05, 0) is 36.8 Å². The number of amides is 1. The lowest BCUT2D eigenvalue weighted by molar-refractivity contribution is 0.102. The van der Waals surface area contributed by atoms with Crippen LogP contribution in [0.5, 0.6) is 5.75 Å². The van der Waals surface area contributed by atoms with Crippen molar-refractivity contribution in [1.82, 2.24) is 0 Å². The van der Waals surface area contributed by atoms with Gasteiger partial charge in [-0.25, -0.2) is 0 Å². The molecule has 0 spiro atoms. The van der Waals surface area contributed by atoms with Crippen LogP contribution in [-0.4, -0.2) is 11.0 Å². The number of phenols is 1. The highest BCUT2D eigenvalue weighted by atomic mass is 35.5. The topological polar surface area (TPSA) is 49.3 Å². The van der Waals surface area contributed by atoms with Gasteiger partial charge in [0.15, 0.2) is 0 Å². The first-order chi connectivity index (χ1) is 9.38. The Morgan fingerprint density at radius 2 is 1.80 bits per heavy atom. The van der Waals surface area contributed by atoms with E-state index in [4.69, 9.17) is 34.8 Å². The fourth-order valence-electron chi connectivity index (χ4n) is 1.66. The summed E-state index contributed by atoms with van der Waals surface area (Å²) in [7, 11) is 0. The minimum atomic E-state index is -0.516. The Labute approximate surface area is 131 Å². The van der Waals surface area contributed by atoms with Crippen molar-refractivity contribution in [3.05, 3.63) is 56.5 Å². The van der Waals surface area contributed by atoms with Crippen molar-refractivity contribution in [3.8, 4) is 5.75 Å². The van der Waals surface area contributed by atoms with E-state index in [1.807, 2.05) is 6.92 Å². The number of phenolic OH excluding ortho intramolecular Hbond substituents is 1. The number of carbonyl (C=O) groups is 1. The second kappa shape index (κ2) is 5.92. The normalized spacial score (nSPS) is 10.4. The summed E-state index contributed by atoms with van der Waals surface area (Å²) < 4.78 is 0. The van der Waals surface area contributed by atoms with Crippen LogP contribution in [0, 0.1) is 6.92 Å². The molecule has 104 valence electrons. The third kappa shape index (κ3) is 3.18. The Bertz CT molecular complexity index is 686. The molecule has 0 radical (unpaired) electrons.